The van der Waals surface area contributed by atoms with Gasteiger partial charge in [-0.25, -0.2) is 9.50 Å². The molecule has 150 valence electrons. The second kappa shape index (κ2) is 7.72. The molecule has 3 aromatic rings. The average Bonchev–Trinajstić information content (AvgIpc) is 3.15. The minimum Gasteiger partial charge on any atom is -0.491 e. The summed E-state index contributed by atoms with van der Waals surface area (Å²) in [6, 6.07) is 8.32. The highest BCUT2D eigenvalue weighted by Crippen LogP contribution is 2.32. The molecule has 3 aromatic heterocycles. The maximum absolute atomic E-state index is 9.53. The normalized spacial score (nSPS) is 14.8. The van der Waals surface area contributed by atoms with Crippen molar-refractivity contribution in [2.75, 3.05) is 37.7 Å². The summed E-state index contributed by atoms with van der Waals surface area (Å²) in [7, 11) is 0. The van der Waals surface area contributed by atoms with Crippen LogP contribution in [0.3, 0.4) is 0 Å². The van der Waals surface area contributed by atoms with E-state index in [1.165, 1.54) is 0 Å². The fourth-order valence-electron chi connectivity index (χ4n) is 3.40. The molecule has 4 heterocycles. The van der Waals surface area contributed by atoms with Gasteiger partial charge in [0.25, 0.3) is 0 Å². The molecule has 0 unspecified atom stereocenters. The molecule has 0 spiro atoms. The van der Waals surface area contributed by atoms with Crippen LogP contribution in [-0.4, -0.2) is 47.4 Å². The zero-order valence-corrected chi connectivity index (χ0v) is 17.1. The first kappa shape index (κ1) is 19.2. The maximum atomic E-state index is 9.53. The number of piperazine rings is 1. The molecule has 7 heteroatoms. The molecule has 1 N–H and O–H groups in total. The van der Waals surface area contributed by atoms with Crippen LogP contribution in [0.15, 0.2) is 36.8 Å². The molecular weight excluding hydrogens is 364 g/mol. The number of pyridine rings is 2. The molecule has 29 heavy (non-hydrogen) atoms. The zero-order chi connectivity index (χ0) is 20.4. The predicted octanol–water partition coefficient (Wildman–Crippen LogP) is 3.10. The van der Waals surface area contributed by atoms with Crippen LogP contribution >= 0.6 is 0 Å². The number of nitriles is 1. The minimum atomic E-state index is 0.0452. The van der Waals surface area contributed by atoms with Gasteiger partial charge >= 0.3 is 0 Å². The summed E-state index contributed by atoms with van der Waals surface area (Å²) < 4.78 is 7.74. The van der Waals surface area contributed by atoms with Crippen LogP contribution in [0.2, 0.25) is 0 Å². The molecule has 1 aliphatic heterocycles. The summed E-state index contributed by atoms with van der Waals surface area (Å²) >= 11 is 0. The Morgan fingerprint density at radius 1 is 1.21 bits per heavy atom. The van der Waals surface area contributed by atoms with Crippen LogP contribution in [0, 0.1) is 16.7 Å². The van der Waals surface area contributed by atoms with Crippen molar-refractivity contribution >= 4 is 11.3 Å². The van der Waals surface area contributed by atoms with Gasteiger partial charge in [0.1, 0.15) is 17.6 Å². The predicted molar refractivity (Wildman–Crippen MR) is 113 cm³/mol. The van der Waals surface area contributed by atoms with E-state index >= 15 is 0 Å². The molecule has 0 amide bonds. The van der Waals surface area contributed by atoms with Crippen LogP contribution in [0.1, 0.15) is 26.3 Å². The number of aromatic nitrogens is 3. The van der Waals surface area contributed by atoms with E-state index in [1.807, 2.05) is 24.5 Å². The third-order valence-electron chi connectivity index (χ3n) is 4.88. The van der Waals surface area contributed by atoms with Gasteiger partial charge in [0.15, 0.2) is 0 Å². The molecule has 0 aliphatic carbocycles. The molecular formula is C22H26N6O. The van der Waals surface area contributed by atoms with E-state index in [2.05, 4.69) is 53.2 Å². The van der Waals surface area contributed by atoms with Gasteiger partial charge in [0.2, 0.25) is 0 Å². The monoisotopic (exact) mass is 390 g/mol. The molecule has 1 saturated heterocycles. The van der Waals surface area contributed by atoms with Crippen LogP contribution in [0.5, 0.6) is 5.75 Å². The Labute approximate surface area is 170 Å². The Balaban J connectivity index is 1.72. The Kier molecular flexibility index (Phi) is 5.12. The van der Waals surface area contributed by atoms with Gasteiger partial charge in [-0.05, 0) is 23.6 Å². The molecule has 0 atom stereocenters. The van der Waals surface area contributed by atoms with Gasteiger partial charge in [-0.15, -0.1) is 0 Å². The quantitative estimate of drug-likeness (QED) is 0.738. The Bertz CT molecular complexity index is 1040. The van der Waals surface area contributed by atoms with Crippen LogP contribution in [-0.2, 0) is 0 Å². The highest BCUT2D eigenvalue weighted by Gasteiger charge is 2.17. The van der Waals surface area contributed by atoms with Crippen molar-refractivity contribution in [3.63, 3.8) is 0 Å². The van der Waals surface area contributed by atoms with E-state index in [-0.39, 0.29) is 5.41 Å². The van der Waals surface area contributed by atoms with Crippen molar-refractivity contribution < 1.29 is 4.74 Å². The van der Waals surface area contributed by atoms with Crippen LogP contribution in [0.25, 0.3) is 16.6 Å². The lowest BCUT2D eigenvalue weighted by Crippen LogP contribution is -2.43. The number of fused-ring (bicyclic) bond motifs is 1. The number of ether oxygens (including phenoxy) is 1. The summed E-state index contributed by atoms with van der Waals surface area (Å²) in [4.78, 5) is 6.96. The Morgan fingerprint density at radius 3 is 2.66 bits per heavy atom. The largest absolute Gasteiger partial charge is 0.491 e. The zero-order valence-electron chi connectivity index (χ0n) is 17.1. The van der Waals surface area contributed by atoms with Gasteiger partial charge in [-0.3, -0.25) is 0 Å². The third-order valence-corrected chi connectivity index (χ3v) is 4.88. The van der Waals surface area contributed by atoms with E-state index in [9.17, 15) is 5.26 Å². The summed E-state index contributed by atoms with van der Waals surface area (Å²) in [5.74, 6) is 1.70. The summed E-state index contributed by atoms with van der Waals surface area (Å²) in [5, 5.41) is 17.2. The smallest absolute Gasteiger partial charge is 0.138 e. The van der Waals surface area contributed by atoms with Crippen molar-refractivity contribution in [2.45, 2.75) is 20.8 Å². The molecule has 1 aliphatic rings. The molecule has 4 rings (SSSR count). The number of nitrogens with one attached hydrogen (secondary N) is 1. The first-order valence-corrected chi connectivity index (χ1v) is 9.91. The average molecular weight is 390 g/mol. The molecule has 0 saturated carbocycles. The van der Waals surface area contributed by atoms with Crippen molar-refractivity contribution in [3.05, 3.63) is 42.4 Å². The van der Waals surface area contributed by atoms with Gasteiger partial charge in [-0.1, -0.05) is 20.8 Å². The van der Waals surface area contributed by atoms with Gasteiger partial charge in [0, 0.05) is 43.5 Å². The molecule has 1 fully saturated rings. The first-order valence-electron chi connectivity index (χ1n) is 9.91. The second-order valence-electron chi connectivity index (χ2n) is 8.54. The van der Waals surface area contributed by atoms with Gasteiger partial charge in [-0.2, -0.15) is 10.4 Å². The summed E-state index contributed by atoms with van der Waals surface area (Å²) in [5.41, 5.74) is 3.18. The van der Waals surface area contributed by atoms with Crippen molar-refractivity contribution in [1.29, 1.82) is 5.26 Å². The molecule has 0 radical (unpaired) electrons. The van der Waals surface area contributed by atoms with Crippen LogP contribution < -0.4 is 15.0 Å². The first-order chi connectivity index (χ1) is 13.9. The Hall–Kier alpha value is -3.11. The molecule has 0 bridgehead atoms. The van der Waals surface area contributed by atoms with E-state index in [4.69, 9.17) is 4.74 Å². The number of nitrogens with zero attached hydrogens (tertiary/aromatic N) is 5. The lowest BCUT2D eigenvalue weighted by molar-refractivity contribution is 0.197. The van der Waals surface area contributed by atoms with E-state index in [1.54, 1.807) is 10.7 Å². The Morgan fingerprint density at radius 2 is 2.00 bits per heavy atom. The second-order valence-corrected chi connectivity index (χ2v) is 8.54. The molecule has 7 nitrogen and oxygen atoms in total. The number of hydrogen-bond donors (Lipinski definition) is 1. The number of anilines is 1. The summed E-state index contributed by atoms with van der Waals surface area (Å²) in [6.45, 7) is 10.8. The third kappa shape index (κ3) is 4.17. The fourth-order valence-corrected chi connectivity index (χ4v) is 3.40. The summed E-state index contributed by atoms with van der Waals surface area (Å²) in [6.07, 6.45) is 5.29. The lowest BCUT2D eigenvalue weighted by Gasteiger charge is -2.28. The SMILES string of the molecule is CC(C)(C)COc1cc(-c2ccc(N3CCNCC3)nc2)c2c(C#N)cnn2c1. The minimum absolute atomic E-state index is 0.0452. The van der Waals surface area contributed by atoms with Crippen molar-refractivity contribution in [3.8, 4) is 22.9 Å². The van der Waals surface area contributed by atoms with Crippen molar-refractivity contribution in [1.82, 2.24) is 19.9 Å². The van der Waals surface area contributed by atoms with Crippen molar-refractivity contribution in [2.24, 2.45) is 5.41 Å². The highest BCUT2D eigenvalue weighted by molar-refractivity contribution is 5.85. The van der Waals surface area contributed by atoms with E-state index in [0.717, 1.165) is 54.4 Å². The van der Waals surface area contributed by atoms with Gasteiger partial charge in [0.05, 0.1) is 30.1 Å². The topological polar surface area (TPSA) is 78.5 Å². The van der Waals surface area contributed by atoms with Crippen LogP contribution in [0.4, 0.5) is 5.82 Å². The lowest BCUT2D eigenvalue weighted by atomic mass is 9.99. The molecule has 0 aromatic carbocycles. The highest BCUT2D eigenvalue weighted by atomic mass is 16.5. The van der Waals surface area contributed by atoms with E-state index < -0.39 is 0 Å². The fraction of sp³-hybridized carbons (Fsp3) is 0.409. The van der Waals surface area contributed by atoms with E-state index in [0.29, 0.717) is 12.2 Å². The standard InChI is InChI=1S/C22H26N6O/c1-22(2,3)15-29-18-10-19(21-17(11-23)13-26-28(21)14-18)16-4-5-20(25-12-16)27-8-6-24-7-9-27/h4-5,10,12-14,24H,6-9,15H2,1-3H3. The number of hydrogen-bond acceptors (Lipinski definition) is 6. The van der Waals surface area contributed by atoms with Gasteiger partial charge < -0.3 is 15.0 Å². The number of rotatable bonds is 4. The maximum Gasteiger partial charge on any atom is 0.138 e.